The van der Waals surface area contributed by atoms with Gasteiger partial charge in [0.2, 0.25) is 0 Å². The zero-order chi connectivity index (χ0) is 17.3. The molecule has 2 heterocycles. The molecule has 1 aromatic carbocycles. The minimum Gasteiger partial charge on any atom is -0.497 e. The van der Waals surface area contributed by atoms with E-state index in [9.17, 15) is 5.11 Å². The van der Waals surface area contributed by atoms with Gasteiger partial charge in [-0.1, -0.05) is 6.92 Å². The quantitative estimate of drug-likeness (QED) is 0.912. The Morgan fingerprint density at radius 3 is 2.46 bits per heavy atom. The van der Waals surface area contributed by atoms with E-state index in [0.29, 0.717) is 6.54 Å². The molecule has 0 bridgehead atoms. The number of aryl methyl sites for hydroxylation is 1. The summed E-state index contributed by atoms with van der Waals surface area (Å²) in [5, 5.41) is 12.0. The number of rotatable bonds is 5. The predicted molar refractivity (Wildman–Crippen MR) is 97.7 cm³/mol. The molecule has 1 atom stereocenters. The summed E-state index contributed by atoms with van der Waals surface area (Å²) in [7, 11) is 3.74. The van der Waals surface area contributed by atoms with Gasteiger partial charge in [0, 0.05) is 61.9 Å². The van der Waals surface area contributed by atoms with Gasteiger partial charge in [-0.25, -0.2) is 0 Å². The summed E-state index contributed by atoms with van der Waals surface area (Å²) < 4.78 is 7.53. The van der Waals surface area contributed by atoms with Crippen LogP contribution in [0.3, 0.4) is 0 Å². The Hall–Kier alpha value is -1.56. The molecule has 1 aliphatic rings. The number of β-amino-alcohol motifs (C(OH)–C–C–N with tert-alkyl or cyclic N) is 1. The van der Waals surface area contributed by atoms with Crippen LogP contribution in [0, 0.1) is 6.92 Å². The molecule has 0 radical (unpaired) electrons. The highest BCUT2D eigenvalue weighted by Gasteiger charge is 2.23. The fourth-order valence-electron chi connectivity index (χ4n) is 3.75. The molecule has 0 saturated carbocycles. The SMILES string of the molecule is CCN1CCN(C[C@H](O)c2c(C)n(C)c3ccc(OC)cc23)CC1. The molecule has 1 aliphatic heterocycles. The number of likely N-dealkylation sites (N-methyl/N-ethyl adjacent to an activating group) is 1. The van der Waals surface area contributed by atoms with E-state index >= 15 is 0 Å². The van der Waals surface area contributed by atoms with E-state index in [-0.39, 0.29) is 0 Å². The molecule has 5 heteroatoms. The van der Waals surface area contributed by atoms with Gasteiger partial charge in [0.25, 0.3) is 0 Å². The van der Waals surface area contributed by atoms with Crippen LogP contribution in [0.4, 0.5) is 0 Å². The monoisotopic (exact) mass is 331 g/mol. The van der Waals surface area contributed by atoms with Crippen molar-refractivity contribution in [2.45, 2.75) is 20.0 Å². The van der Waals surface area contributed by atoms with E-state index in [0.717, 1.165) is 60.6 Å². The average molecular weight is 331 g/mol. The van der Waals surface area contributed by atoms with Gasteiger partial charge in [-0.2, -0.15) is 0 Å². The lowest BCUT2D eigenvalue weighted by atomic mass is 10.0. The highest BCUT2D eigenvalue weighted by molar-refractivity contribution is 5.87. The first kappa shape index (κ1) is 17.3. The largest absolute Gasteiger partial charge is 0.497 e. The molecular formula is C19H29N3O2. The van der Waals surface area contributed by atoms with Crippen molar-refractivity contribution in [3.8, 4) is 5.75 Å². The van der Waals surface area contributed by atoms with Gasteiger partial charge in [0.05, 0.1) is 13.2 Å². The minimum absolute atomic E-state index is 0.478. The normalized spacial score (nSPS) is 18.2. The van der Waals surface area contributed by atoms with Gasteiger partial charge in [-0.15, -0.1) is 0 Å². The molecule has 0 spiro atoms. The van der Waals surface area contributed by atoms with Crippen LogP contribution < -0.4 is 4.74 Å². The third-order valence-corrected chi connectivity index (χ3v) is 5.42. The van der Waals surface area contributed by atoms with Crippen LogP contribution in [0.15, 0.2) is 18.2 Å². The predicted octanol–water partition coefficient (Wildman–Crippen LogP) is 2.17. The van der Waals surface area contributed by atoms with Crippen molar-refractivity contribution >= 4 is 10.9 Å². The summed E-state index contributed by atoms with van der Waals surface area (Å²) in [6.45, 7) is 10.3. The standard InChI is InChI=1S/C19H29N3O2/c1-5-21-8-10-22(11-9-21)13-18(23)19-14(2)20(3)17-7-6-15(24-4)12-16(17)19/h6-7,12,18,23H,5,8-11,13H2,1-4H3/t18-/m0/s1. The molecule has 2 aromatic rings. The number of hydrogen-bond acceptors (Lipinski definition) is 4. The number of methoxy groups -OCH3 is 1. The Balaban J connectivity index is 1.84. The minimum atomic E-state index is -0.478. The molecule has 1 fully saturated rings. The van der Waals surface area contributed by atoms with Gasteiger partial charge in [-0.05, 0) is 31.7 Å². The Labute approximate surface area is 144 Å². The van der Waals surface area contributed by atoms with Crippen LogP contribution in [0.2, 0.25) is 0 Å². The maximum atomic E-state index is 10.9. The van der Waals surface area contributed by atoms with Gasteiger partial charge < -0.3 is 19.3 Å². The Morgan fingerprint density at radius 1 is 1.17 bits per heavy atom. The molecule has 1 aromatic heterocycles. The molecule has 24 heavy (non-hydrogen) atoms. The van der Waals surface area contributed by atoms with Crippen LogP contribution in [-0.4, -0.2) is 65.9 Å². The van der Waals surface area contributed by atoms with E-state index in [1.54, 1.807) is 7.11 Å². The van der Waals surface area contributed by atoms with Crippen LogP contribution >= 0.6 is 0 Å². The smallest absolute Gasteiger partial charge is 0.119 e. The lowest BCUT2D eigenvalue weighted by Gasteiger charge is -2.35. The van der Waals surface area contributed by atoms with Crippen molar-refractivity contribution in [2.75, 3.05) is 46.4 Å². The third kappa shape index (κ3) is 3.16. The molecule has 1 saturated heterocycles. The number of ether oxygens (including phenoxy) is 1. The number of hydrogen-bond donors (Lipinski definition) is 1. The van der Waals surface area contributed by atoms with E-state index < -0.39 is 6.10 Å². The second kappa shape index (κ2) is 7.13. The molecule has 0 amide bonds. The fourth-order valence-corrected chi connectivity index (χ4v) is 3.75. The summed E-state index contributed by atoms with van der Waals surface area (Å²) in [5.41, 5.74) is 3.29. The van der Waals surface area contributed by atoms with Crippen molar-refractivity contribution < 1.29 is 9.84 Å². The summed E-state index contributed by atoms with van der Waals surface area (Å²) in [6, 6.07) is 6.08. The zero-order valence-electron chi connectivity index (χ0n) is 15.2. The van der Waals surface area contributed by atoms with E-state index in [1.807, 2.05) is 12.1 Å². The highest BCUT2D eigenvalue weighted by Crippen LogP contribution is 2.33. The molecule has 0 unspecified atom stereocenters. The molecule has 0 aliphatic carbocycles. The molecular weight excluding hydrogens is 302 g/mol. The first-order valence-corrected chi connectivity index (χ1v) is 8.80. The number of benzene rings is 1. The summed E-state index contributed by atoms with van der Waals surface area (Å²) >= 11 is 0. The van der Waals surface area contributed by atoms with Gasteiger partial charge >= 0.3 is 0 Å². The Morgan fingerprint density at radius 2 is 1.83 bits per heavy atom. The van der Waals surface area contributed by atoms with Crippen LogP contribution in [0.5, 0.6) is 5.75 Å². The van der Waals surface area contributed by atoms with Crippen molar-refractivity contribution in [2.24, 2.45) is 7.05 Å². The Kier molecular flexibility index (Phi) is 5.13. The summed E-state index contributed by atoms with van der Waals surface area (Å²) in [6.07, 6.45) is -0.478. The third-order valence-electron chi connectivity index (χ3n) is 5.42. The first-order valence-electron chi connectivity index (χ1n) is 8.80. The number of aromatic nitrogens is 1. The van der Waals surface area contributed by atoms with Gasteiger partial charge in [0.1, 0.15) is 5.75 Å². The summed E-state index contributed by atoms with van der Waals surface area (Å²) in [5.74, 6) is 0.832. The maximum Gasteiger partial charge on any atom is 0.119 e. The summed E-state index contributed by atoms with van der Waals surface area (Å²) in [4.78, 5) is 4.83. The molecule has 3 rings (SSSR count). The molecule has 132 valence electrons. The number of fused-ring (bicyclic) bond motifs is 1. The van der Waals surface area contributed by atoms with Crippen molar-refractivity contribution in [1.29, 1.82) is 0 Å². The van der Waals surface area contributed by atoms with Crippen LogP contribution in [0.25, 0.3) is 10.9 Å². The Bertz CT molecular complexity index is 702. The van der Waals surface area contributed by atoms with Crippen molar-refractivity contribution in [3.05, 3.63) is 29.5 Å². The lowest BCUT2D eigenvalue weighted by Crippen LogP contribution is -2.47. The van der Waals surface area contributed by atoms with E-state index in [2.05, 4.69) is 41.3 Å². The first-order chi connectivity index (χ1) is 11.5. The highest BCUT2D eigenvalue weighted by atomic mass is 16.5. The number of nitrogens with zero attached hydrogens (tertiary/aromatic N) is 3. The van der Waals surface area contributed by atoms with Crippen molar-refractivity contribution in [1.82, 2.24) is 14.4 Å². The van der Waals surface area contributed by atoms with Crippen LogP contribution in [0.1, 0.15) is 24.3 Å². The van der Waals surface area contributed by atoms with E-state index in [4.69, 9.17) is 4.74 Å². The number of aliphatic hydroxyl groups excluding tert-OH is 1. The average Bonchev–Trinajstić information content (AvgIpc) is 2.86. The van der Waals surface area contributed by atoms with Gasteiger partial charge in [0.15, 0.2) is 0 Å². The zero-order valence-corrected chi connectivity index (χ0v) is 15.2. The van der Waals surface area contributed by atoms with Crippen LogP contribution in [-0.2, 0) is 7.05 Å². The maximum absolute atomic E-state index is 10.9. The van der Waals surface area contributed by atoms with Crippen molar-refractivity contribution in [3.63, 3.8) is 0 Å². The van der Waals surface area contributed by atoms with Gasteiger partial charge in [-0.3, -0.25) is 4.90 Å². The second-order valence-corrected chi connectivity index (χ2v) is 6.69. The number of aliphatic hydroxyl groups is 1. The molecule has 1 N–H and O–H groups in total. The lowest BCUT2D eigenvalue weighted by molar-refractivity contribution is 0.0747. The van der Waals surface area contributed by atoms with E-state index in [1.165, 1.54) is 0 Å². The number of piperazine rings is 1. The fraction of sp³-hybridized carbons (Fsp3) is 0.579. The molecule has 5 nitrogen and oxygen atoms in total. The second-order valence-electron chi connectivity index (χ2n) is 6.69. The topological polar surface area (TPSA) is 40.9 Å².